The van der Waals surface area contributed by atoms with Crippen LogP contribution in [-0.2, 0) is 12.2 Å². The molecule has 3 aromatic rings. The average molecular weight is 397 g/mol. The molecule has 1 unspecified atom stereocenters. The smallest absolute Gasteiger partial charge is 0.259 e. The molecule has 5 nitrogen and oxygen atoms in total. The third kappa shape index (κ3) is 5.28. The van der Waals surface area contributed by atoms with E-state index in [0.29, 0.717) is 11.9 Å². The van der Waals surface area contributed by atoms with Gasteiger partial charge in [0.05, 0.1) is 16.3 Å². The van der Waals surface area contributed by atoms with Crippen molar-refractivity contribution in [1.29, 1.82) is 0 Å². The summed E-state index contributed by atoms with van der Waals surface area (Å²) in [6, 6.07) is 8.44. The highest BCUT2D eigenvalue weighted by molar-refractivity contribution is 7.98. The second kappa shape index (κ2) is 9.33. The number of hydrogen-bond acceptors (Lipinski definition) is 7. The van der Waals surface area contributed by atoms with Gasteiger partial charge in [0.1, 0.15) is 0 Å². The van der Waals surface area contributed by atoms with Gasteiger partial charge >= 0.3 is 0 Å². The number of halogens is 1. The summed E-state index contributed by atoms with van der Waals surface area (Å²) in [5.74, 6) is 2.13. The number of rotatable bonds is 7. The van der Waals surface area contributed by atoms with Crippen LogP contribution in [0.15, 0.2) is 39.1 Å². The van der Waals surface area contributed by atoms with Crippen molar-refractivity contribution in [2.24, 2.45) is 0 Å². The fraction of sp³-hybridized carbons (Fsp3) is 0.353. The number of likely N-dealkylation sites (N-methyl/N-ethyl adjacent to an activating group) is 1. The molecule has 25 heavy (non-hydrogen) atoms. The lowest BCUT2D eigenvalue weighted by molar-refractivity contribution is 0.417. The Bertz CT molecular complexity index is 805. The van der Waals surface area contributed by atoms with Gasteiger partial charge < -0.3 is 9.84 Å². The van der Waals surface area contributed by atoms with Gasteiger partial charge in [0, 0.05) is 28.5 Å². The summed E-state index contributed by atoms with van der Waals surface area (Å²) in [4.78, 5) is 10.2. The summed E-state index contributed by atoms with van der Waals surface area (Å²) in [7, 11) is 1.93. The summed E-state index contributed by atoms with van der Waals surface area (Å²) >= 11 is 3.42. The van der Waals surface area contributed by atoms with Crippen LogP contribution >= 0.6 is 35.5 Å². The van der Waals surface area contributed by atoms with Crippen molar-refractivity contribution in [3.05, 3.63) is 46.2 Å². The Hall–Kier alpha value is -1.41. The van der Waals surface area contributed by atoms with Crippen molar-refractivity contribution in [2.75, 3.05) is 7.05 Å². The van der Waals surface area contributed by atoms with Crippen LogP contribution in [0.3, 0.4) is 0 Å². The quantitative estimate of drug-likeness (QED) is 0.598. The largest absolute Gasteiger partial charge is 0.334 e. The summed E-state index contributed by atoms with van der Waals surface area (Å²) in [6.45, 7) is 4.12. The SMILES string of the molecule is CNC(C)Cc1noc(-c2ccccc2SCc2csc(C)n2)n1.Cl. The molecule has 0 saturated carbocycles. The third-order valence-corrected chi connectivity index (χ3v) is 5.54. The van der Waals surface area contributed by atoms with Crippen LogP contribution in [0.4, 0.5) is 0 Å². The number of thioether (sulfide) groups is 1. The summed E-state index contributed by atoms with van der Waals surface area (Å²) in [5, 5.41) is 10.5. The van der Waals surface area contributed by atoms with E-state index in [4.69, 9.17) is 4.52 Å². The van der Waals surface area contributed by atoms with E-state index >= 15 is 0 Å². The van der Waals surface area contributed by atoms with Gasteiger partial charge in [-0.3, -0.25) is 0 Å². The molecule has 0 aliphatic heterocycles. The minimum atomic E-state index is 0. The second-order valence-corrected chi connectivity index (χ2v) is 7.63. The minimum Gasteiger partial charge on any atom is -0.334 e. The predicted octanol–water partition coefficient (Wildman–Crippen LogP) is 4.37. The van der Waals surface area contributed by atoms with Crippen molar-refractivity contribution in [1.82, 2.24) is 20.4 Å². The zero-order valence-electron chi connectivity index (χ0n) is 14.4. The van der Waals surface area contributed by atoms with Gasteiger partial charge in [0.25, 0.3) is 5.89 Å². The maximum absolute atomic E-state index is 5.48. The number of hydrogen-bond donors (Lipinski definition) is 1. The maximum Gasteiger partial charge on any atom is 0.259 e. The van der Waals surface area contributed by atoms with E-state index in [1.165, 1.54) is 0 Å². The molecule has 1 N–H and O–H groups in total. The van der Waals surface area contributed by atoms with Gasteiger partial charge in [-0.2, -0.15) is 4.98 Å². The third-order valence-electron chi connectivity index (χ3n) is 3.61. The van der Waals surface area contributed by atoms with E-state index in [9.17, 15) is 0 Å². The van der Waals surface area contributed by atoms with Crippen LogP contribution in [0, 0.1) is 6.92 Å². The lowest BCUT2D eigenvalue weighted by Gasteiger charge is -2.05. The van der Waals surface area contributed by atoms with Gasteiger partial charge in [-0.25, -0.2) is 4.98 Å². The molecule has 0 aliphatic rings. The number of benzene rings is 1. The van der Waals surface area contributed by atoms with Crippen LogP contribution in [0.2, 0.25) is 0 Å². The van der Waals surface area contributed by atoms with E-state index < -0.39 is 0 Å². The molecule has 0 radical (unpaired) electrons. The van der Waals surface area contributed by atoms with Gasteiger partial charge in [-0.05, 0) is 33.0 Å². The molecular formula is C17H21ClN4OS2. The molecule has 0 fully saturated rings. The van der Waals surface area contributed by atoms with E-state index in [2.05, 4.69) is 38.8 Å². The summed E-state index contributed by atoms with van der Waals surface area (Å²) in [5.41, 5.74) is 2.08. The Balaban J connectivity index is 0.00000225. The zero-order chi connectivity index (χ0) is 16.9. The molecule has 1 aromatic carbocycles. The first kappa shape index (κ1) is 19.9. The molecule has 0 aliphatic carbocycles. The normalized spacial score (nSPS) is 12.0. The molecule has 0 spiro atoms. The first-order valence-electron chi connectivity index (χ1n) is 7.78. The van der Waals surface area contributed by atoms with Crippen molar-refractivity contribution in [2.45, 2.75) is 37.0 Å². The fourth-order valence-corrected chi connectivity index (χ4v) is 3.87. The van der Waals surface area contributed by atoms with Crippen molar-refractivity contribution in [3.8, 4) is 11.5 Å². The first-order chi connectivity index (χ1) is 11.7. The molecular weight excluding hydrogens is 376 g/mol. The highest BCUT2D eigenvalue weighted by Crippen LogP contribution is 2.32. The average Bonchev–Trinajstić information content (AvgIpc) is 3.22. The van der Waals surface area contributed by atoms with E-state index in [0.717, 1.165) is 39.2 Å². The van der Waals surface area contributed by atoms with Crippen LogP contribution in [0.5, 0.6) is 0 Å². The lowest BCUT2D eigenvalue weighted by Crippen LogP contribution is -2.24. The second-order valence-electron chi connectivity index (χ2n) is 5.55. The fourth-order valence-electron chi connectivity index (χ4n) is 2.22. The predicted molar refractivity (Wildman–Crippen MR) is 106 cm³/mol. The molecule has 1 atom stereocenters. The molecule has 0 bridgehead atoms. The maximum atomic E-state index is 5.48. The summed E-state index contributed by atoms with van der Waals surface area (Å²) < 4.78 is 5.48. The molecule has 2 aromatic heterocycles. The number of nitrogens with one attached hydrogen (secondary N) is 1. The molecule has 134 valence electrons. The molecule has 2 heterocycles. The number of thiazole rings is 1. The molecule has 8 heteroatoms. The van der Waals surface area contributed by atoms with Gasteiger partial charge in [-0.15, -0.1) is 35.5 Å². The van der Waals surface area contributed by atoms with Crippen LogP contribution in [0.25, 0.3) is 11.5 Å². The number of nitrogens with zero attached hydrogens (tertiary/aromatic N) is 3. The Morgan fingerprint density at radius 3 is 2.80 bits per heavy atom. The zero-order valence-corrected chi connectivity index (χ0v) is 16.8. The Labute approximate surface area is 162 Å². The van der Waals surface area contributed by atoms with E-state index in [-0.39, 0.29) is 12.4 Å². The molecule has 0 amide bonds. The van der Waals surface area contributed by atoms with Crippen molar-refractivity contribution >= 4 is 35.5 Å². The number of aryl methyl sites for hydroxylation is 1. The standard InChI is InChI=1S/C17H20N4OS2.ClH/c1-11(18-3)8-16-20-17(22-21-16)14-6-4-5-7-15(14)24-10-13-9-23-12(2)19-13;/h4-7,9,11,18H,8,10H2,1-3H3;1H. The molecule has 3 rings (SSSR count). The van der Waals surface area contributed by atoms with Crippen LogP contribution in [0.1, 0.15) is 23.4 Å². The van der Waals surface area contributed by atoms with Crippen molar-refractivity contribution in [3.63, 3.8) is 0 Å². The monoisotopic (exact) mass is 396 g/mol. The molecule has 0 saturated heterocycles. The van der Waals surface area contributed by atoms with Gasteiger partial charge in [-0.1, -0.05) is 17.3 Å². The van der Waals surface area contributed by atoms with Gasteiger partial charge in [0.2, 0.25) is 0 Å². The Kier molecular flexibility index (Phi) is 7.43. The highest BCUT2D eigenvalue weighted by Gasteiger charge is 2.14. The van der Waals surface area contributed by atoms with E-state index in [1.54, 1.807) is 23.1 Å². The summed E-state index contributed by atoms with van der Waals surface area (Å²) in [6.07, 6.45) is 0.743. The first-order valence-corrected chi connectivity index (χ1v) is 9.65. The highest BCUT2D eigenvalue weighted by atomic mass is 35.5. The van der Waals surface area contributed by atoms with Crippen LogP contribution in [-0.4, -0.2) is 28.2 Å². The van der Waals surface area contributed by atoms with E-state index in [1.807, 2.05) is 32.2 Å². The minimum absolute atomic E-state index is 0. The lowest BCUT2D eigenvalue weighted by atomic mass is 10.2. The topological polar surface area (TPSA) is 63.8 Å². The Morgan fingerprint density at radius 1 is 1.28 bits per heavy atom. The Morgan fingerprint density at radius 2 is 2.08 bits per heavy atom. The van der Waals surface area contributed by atoms with Gasteiger partial charge in [0.15, 0.2) is 5.82 Å². The van der Waals surface area contributed by atoms with Crippen molar-refractivity contribution < 1.29 is 4.52 Å². The van der Waals surface area contributed by atoms with Crippen LogP contribution < -0.4 is 5.32 Å². The number of aromatic nitrogens is 3.